The molecule has 1 aliphatic rings. The Labute approximate surface area is 108 Å². The highest BCUT2D eigenvalue weighted by molar-refractivity contribution is 5.96. The van der Waals surface area contributed by atoms with Gasteiger partial charge in [0.2, 0.25) is 0 Å². The molecule has 0 bridgehead atoms. The van der Waals surface area contributed by atoms with Crippen molar-refractivity contribution in [3.8, 4) is 0 Å². The Kier molecular flexibility index (Phi) is 3.71. The van der Waals surface area contributed by atoms with Gasteiger partial charge in [-0.05, 0) is 33.2 Å². The fraction of sp³-hybridized carbons (Fsp3) is 0.692. The molecule has 1 fully saturated rings. The molecule has 2 heterocycles. The predicted octanol–water partition coefficient (Wildman–Crippen LogP) is 0.861. The van der Waals surface area contributed by atoms with Crippen molar-refractivity contribution < 1.29 is 4.79 Å². The standard InChI is InChI=1S/C13H22N4O/c1-9-12(10(2)17(4)15-9)13(18)16(3)8-11-6-5-7-14-11/h11,14H,5-8H2,1-4H3. The van der Waals surface area contributed by atoms with Gasteiger partial charge in [-0.2, -0.15) is 5.10 Å². The minimum absolute atomic E-state index is 0.0757. The largest absolute Gasteiger partial charge is 0.340 e. The average molecular weight is 250 g/mol. The van der Waals surface area contributed by atoms with Gasteiger partial charge in [0.25, 0.3) is 5.91 Å². The lowest BCUT2D eigenvalue weighted by Crippen LogP contribution is -2.39. The Balaban J connectivity index is 2.10. The number of amides is 1. The van der Waals surface area contributed by atoms with Crippen LogP contribution in [0.4, 0.5) is 0 Å². The molecule has 1 N–H and O–H groups in total. The molecular formula is C13H22N4O. The zero-order chi connectivity index (χ0) is 13.3. The third kappa shape index (κ3) is 2.41. The highest BCUT2D eigenvalue weighted by atomic mass is 16.2. The smallest absolute Gasteiger partial charge is 0.257 e. The summed E-state index contributed by atoms with van der Waals surface area (Å²) in [5, 5.41) is 7.71. The number of carbonyl (C=O) groups excluding carboxylic acids is 1. The first kappa shape index (κ1) is 13.1. The normalized spacial score (nSPS) is 19.2. The van der Waals surface area contributed by atoms with Gasteiger partial charge in [0.15, 0.2) is 0 Å². The molecule has 1 aromatic heterocycles. The minimum Gasteiger partial charge on any atom is -0.340 e. The van der Waals surface area contributed by atoms with E-state index in [1.54, 1.807) is 9.58 Å². The van der Waals surface area contributed by atoms with Crippen LogP contribution in [0.5, 0.6) is 0 Å². The number of hydrogen-bond acceptors (Lipinski definition) is 3. The van der Waals surface area contributed by atoms with Crippen LogP contribution in [0.25, 0.3) is 0 Å². The maximum absolute atomic E-state index is 12.4. The van der Waals surface area contributed by atoms with Gasteiger partial charge in [-0.15, -0.1) is 0 Å². The van der Waals surface area contributed by atoms with Crippen LogP contribution in [0, 0.1) is 13.8 Å². The van der Waals surface area contributed by atoms with Gasteiger partial charge in [0.1, 0.15) is 0 Å². The van der Waals surface area contributed by atoms with E-state index in [9.17, 15) is 4.79 Å². The van der Waals surface area contributed by atoms with Crippen LogP contribution in [-0.4, -0.2) is 46.8 Å². The lowest BCUT2D eigenvalue weighted by molar-refractivity contribution is 0.0782. The van der Waals surface area contributed by atoms with E-state index in [-0.39, 0.29) is 5.91 Å². The molecule has 1 amide bonds. The number of aromatic nitrogens is 2. The van der Waals surface area contributed by atoms with E-state index in [1.807, 2.05) is 27.9 Å². The van der Waals surface area contributed by atoms with Gasteiger partial charge in [-0.25, -0.2) is 0 Å². The summed E-state index contributed by atoms with van der Waals surface area (Å²) >= 11 is 0. The van der Waals surface area contributed by atoms with E-state index < -0.39 is 0 Å². The predicted molar refractivity (Wildman–Crippen MR) is 70.7 cm³/mol. The molecule has 0 radical (unpaired) electrons. The second-order valence-electron chi connectivity index (χ2n) is 5.15. The number of rotatable bonds is 3. The molecule has 18 heavy (non-hydrogen) atoms. The van der Waals surface area contributed by atoms with E-state index >= 15 is 0 Å². The molecule has 5 nitrogen and oxygen atoms in total. The maximum Gasteiger partial charge on any atom is 0.257 e. The van der Waals surface area contributed by atoms with E-state index in [0.29, 0.717) is 6.04 Å². The van der Waals surface area contributed by atoms with Gasteiger partial charge < -0.3 is 10.2 Å². The fourth-order valence-electron chi connectivity index (χ4n) is 2.60. The summed E-state index contributed by atoms with van der Waals surface area (Å²) < 4.78 is 1.77. The van der Waals surface area contributed by atoms with Crippen LogP contribution in [0.2, 0.25) is 0 Å². The number of aryl methyl sites for hydroxylation is 2. The molecule has 0 aromatic carbocycles. The van der Waals surface area contributed by atoms with E-state index in [0.717, 1.165) is 36.5 Å². The first-order valence-corrected chi connectivity index (χ1v) is 6.49. The average Bonchev–Trinajstić information content (AvgIpc) is 2.88. The van der Waals surface area contributed by atoms with Crippen LogP contribution >= 0.6 is 0 Å². The van der Waals surface area contributed by atoms with Gasteiger partial charge in [0, 0.05) is 32.4 Å². The number of likely N-dealkylation sites (N-methyl/N-ethyl adjacent to an activating group) is 1. The summed E-state index contributed by atoms with van der Waals surface area (Å²) in [4.78, 5) is 14.2. The third-order valence-electron chi connectivity index (χ3n) is 3.73. The molecule has 2 rings (SSSR count). The molecule has 0 saturated carbocycles. The summed E-state index contributed by atoms with van der Waals surface area (Å²) in [6.45, 7) is 5.67. The van der Waals surface area contributed by atoms with Crippen molar-refractivity contribution in [3.05, 3.63) is 17.0 Å². The number of hydrogen-bond donors (Lipinski definition) is 1. The first-order valence-electron chi connectivity index (χ1n) is 6.49. The van der Waals surface area contributed by atoms with Crippen molar-refractivity contribution in [1.29, 1.82) is 0 Å². The van der Waals surface area contributed by atoms with Crippen LogP contribution in [0.15, 0.2) is 0 Å². The lowest BCUT2D eigenvalue weighted by Gasteiger charge is -2.21. The summed E-state index contributed by atoms with van der Waals surface area (Å²) in [6, 6.07) is 0.441. The van der Waals surface area contributed by atoms with Crippen LogP contribution in [-0.2, 0) is 7.05 Å². The first-order chi connectivity index (χ1) is 8.50. The van der Waals surface area contributed by atoms with E-state index in [4.69, 9.17) is 0 Å². The van der Waals surface area contributed by atoms with Crippen LogP contribution in [0.1, 0.15) is 34.6 Å². The zero-order valence-corrected chi connectivity index (χ0v) is 11.7. The van der Waals surface area contributed by atoms with Gasteiger partial charge in [-0.1, -0.05) is 0 Å². The van der Waals surface area contributed by atoms with Gasteiger partial charge in [-0.3, -0.25) is 9.48 Å². The zero-order valence-electron chi connectivity index (χ0n) is 11.7. The Morgan fingerprint density at radius 1 is 1.56 bits per heavy atom. The molecular weight excluding hydrogens is 228 g/mol. The van der Waals surface area contributed by atoms with Crippen LogP contribution in [0.3, 0.4) is 0 Å². The van der Waals surface area contributed by atoms with Gasteiger partial charge >= 0.3 is 0 Å². The monoisotopic (exact) mass is 250 g/mol. The van der Waals surface area contributed by atoms with Crippen molar-refractivity contribution in [1.82, 2.24) is 20.0 Å². The van der Waals surface area contributed by atoms with Gasteiger partial charge in [0.05, 0.1) is 11.3 Å². The molecule has 1 aliphatic heterocycles. The molecule has 1 aromatic rings. The quantitative estimate of drug-likeness (QED) is 0.865. The lowest BCUT2D eigenvalue weighted by atomic mass is 10.1. The third-order valence-corrected chi connectivity index (χ3v) is 3.73. The topological polar surface area (TPSA) is 50.2 Å². The molecule has 1 atom stereocenters. The van der Waals surface area contributed by atoms with Crippen LogP contribution < -0.4 is 5.32 Å². The molecule has 5 heteroatoms. The SMILES string of the molecule is Cc1nn(C)c(C)c1C(=O)N(C)CC1CCCN1. The Bertz CT molecular complexity index is 446. The molecule has 0 spiro atoms. The Morgan fingerprint density at radius 3 is 2.78 bits per heavy atom. The summed E-state index contributed by atoms with van der Waals surface area (Å²) in [5.74, 6) is 0.0757. The molecule has 100 valence electrons. The molecule has 0 aliphatic carbocycles. The van der Waals surface area contributed by atoms with E-state index in [2.05, 4.69) is 10.4 Å². The summed E-state index contributed by atoms with van der Waals surface area (Å²) in [7, 11) is 3.74. The second kappa shape index (κ2) is 5.10. The number of nitrogens with zero attached hydrogens (tertiary/aromatic N) is 3. The summed E-state index contributed by atoms with van der Waals surface area (Å²) in [6.07, 6.45) is 2.36. The van der Waals surface area contributed by atoms with Crippen molar-refractivity contribution in [3.63, 3.8) is 0 Å². The van der Waals surface area contributed by atoms with Crippen molar-refractivity contribution in [2.24, 2.45) is 7.05 Å². The highest BCUT2D eigenvalue weighted by Crippen LogP contribution is 2.15. The second-order valence-corrected chi connectivity index (χ2v) is 5.15. The highest BCUT2D eigenvalue weighted by Gasteiger charge is 2.23. The van der Waals surface area contributed by atoms with Crippen molar-refractivity contribution in [2.75, 3.05) is 20.1 Å². The van der Waals surface area contributed by atoms with Crippen molar-refractivity contribution >= 4 is 5.91 Å². The van der Waals surface area contributed by atoms with Crippen molar-refractivity contribution in [2.45, 2.75) is 32.7 Å². The Morgan fingerprint density at radius 2 is 2.28 bits per heavy atom. The molecule has 1 saturated heterocycles. The summed E-state index contributed by atoms with van der Waals surface area (Å²) in [5.41, 5.74) is 2.49. The number of nitrogens with one attached hydrogen (secondary N) is 1. The Hall–Kier alpha value is -1.36. The minimum atomic E-state index is 0.0757. The fourth-order valence-corrected chi connectivity index (χ4v) is 2.60. The van der Waals surface area contributed by atoms with E-state index in [1.165, 1.54) is 6.42 Å². The number of carbonyl (C=O) groups is 1. The molecule has 1 unspecified atom stereocenters. The maximum atomic E-state index is 12.4.